The molecule has 0 saturated carbocycles. The number of nitrogens with zero attached hydrogens (tertiary/aromatic N) is 1. The fourth-order valence-corrected chi connectivity index (χ4v) is 2.73. The normalized spacial score (nSPS) is 15.3. The number of hydrogen-bond acceptors (Lipinski definition) is 3. The summed E-state index contributed by atoms with van der Waals surface area (Å²) in [5.74, 6) is 1.29. The number of aliphatic imine (C=N–C) groups is 1. The van der Waals surface area contributed by atoms with Gasteiger partial charge in [0.1, 0.15) is 17.3 Å². The number of ether oxygens (including phenoxy) is 1. The van der Waals surface area contributed by atoms with E-state index in [2.05, 4.69) is 10.3 Å². The molecule has 0 atom stereocenters. The van der Waals surface area contributed by atoms with Crippen molar-refractivity contribution in [3.63, 3.8) is 0 Å². The van der Waals surface area contributed by atoms with E-state index >= 15 is 0 Å². The lowest BCUT2D eigenvalue weighted by atomic mass is 10.1. The van der Waals surface area contributed by atoms with Gasteiger partial charge in [-0.1, -0.05) is 48.0 Å². The molecule has 1 N–H and O–H groups in total. The minimum absolute atomic E-state index is 0.204. The first kappa shape index (κ1) is 16.3. The van der Waals surface area contributed by atoms with E-state index in [4.69, 9.17) is 16.3 Å². The van der Waals surface area contributed by atoms with Crippen LogP contribution in [0.4, 0.5) is 0 Å². The third-order valence-corrected chi connectivity index (χ3v) is 4.11. The van der Waals surface area contributed by atoms with Gasteiger partial charge in [-0.25, -0.2) is 4.99 Å². The standard InChI is InChI=1S/C19H17ClN2O2/c1-24-17-9-5-3-6-13(17)10-11-18-21-16(19(23)22-18)12-14-7-2-4-8-15(14)20/h2-9,12H,10-11H2,1H3,(H,21,22,23)/b16-12-. The fourth-order valence-electron chi connectivity index (χ4n) is 2.54. The van der Waals surface area contributed by atoms with E-state index in [-0.39, 0.29) is 5.91 Å². The van der Waals surface area contributed by atoms with Gasteiger partial charge in [0.2, 0.25) is 0 Å². The largest absolute Gasteiger partial charge is 0.496 e. The van der Waals surface area contributed by atoms with Gasteiger partial charge in [-0.3, -0.25) is 4.79 Å². The molecule has 2 aromatic carbocycles. The fraction of sp³-hybridized carbons (Fsp3) is 0.158. The number of rotatable bonds is 5. The number of nitrogens with one attached hydrogen (secondary N) is 1. The predicted molar refractivity (Wildman–Crippen MR) is 96.3 cm³/mol. The lowest BCUT2D eigenvalue weighted by Crippen LogP contribution is -2.24. The van der Waals surface area contributed by atoms with Crippen molar-refractivity contribution in [1.82, 2.24) is 5.32 Å². The number of methoxy groups -OCH3 is 1. The summed E-state index contributed by atoms with van der Waals surface area (Å²) < 4.78 is 5.34. The highest BCUT2D eigenvalue weighted by atomic mass is 35.5. The topological polar surface area (TPSA) is 50.7 Å². The van der Waals surface area contributed by atoms with Gasteiger partial charge in [0, 0.05) is 11.4 Å². The third kappa shape index (κ3) is 3.66. The van der Waals surface area contributed by atoms with E-state index in [9.17, 15) is 4.79 Å². The number of halogens is 1. The Morgan fingerprint density at radius 1 is 1.12 bits per heavy atom. The summed E-state index contributed by atoms with van der Waals surface area (Å²) in [5.41, 5.74) is 2.23. The number of carbonyl (C=O) groups excluding carboxylic acids is 1. The summed E-state index contributed by atoms with van der Waals surface area (Å²) in [6, 6.07) is 15.2. The highest BCUT2D eigenvalue weighted by molar-refractivity contribution is 6.32. The number of hydrogen-bond donors (Lipinski definition) is 1. The first-order chi connectivity index (χ1) is 11.7. The average Bonchev–Trinajstić information content (AvgIpc) is 2.95. The molecular formula is C19H17ClN2O2. The van der Waals surface area contributed by atoms with Crippen LogP contribution in [0.15, 0.2) is 59.2 Å². The van der Waals surface area contributed by atoms with Crippen LogP contribution in [-0.2, 0) is 11.2 Å². The molecule has 1 heterocycles. The maximum Gasteiger partial charge on any atom is 0.275 e. The van der Waals surface area contributed by atoms with Crippen LogP contribution >= 0.6 is 11.6 Å². The number of aryl methyl sites for hydroxylation is 1. The van der Waals surface area contributed by atoms with Crippen molar-refractivity contribution in [3.8, 4) is 5.75 Å². The number of amides is 1. The Labute approximate surface area is 145 Å². The molecule has 0 saturated heterocycles. The zero-order valence-electron chi connectivity index (χ0n) is 13.3. The van der Waals surface area contributed by atoms with Crippen molar-refractivity contribution < 1.29 is 9.53 Å². The van der Waals surface area contributed by atoms with Crippen LogP contribution in [0.2, 0.25) is 5.02 Å². The lowest BCUT2D eigenvalue weighted by molar-refractivity contribution is -0.115. The first-order valence-electron chi connectivity index (χ1n) is 7.64. The molecule has 5 heteroatoms. The summed E-state index contributed by atoms with van der Waals surface area (Å²) >= 11 is 6.12. The molecule has 122 valence electrons. The van der Waals surface area contributed by atoms with Gasteiger partial charge < -0.3 is 10.1 Å². The minimum Gasteiger partial charge on any atom is -0.496 e. The molecule has 3 rings (SSSR count). The second kappa shape index (κ2) is 7.32. The molecule has 1 amide bonds. The molecule has 0 bridgehead atoms. The monoisotopic (exact) mass is 340 g/mol. The number of carbonyl (C=O) groups is 1. The van der Waals surface area contributed by atoms with Gasteiger partial charge >= 0.3 is 0 Å². The van der Waals surface area contributed by atoms with E-state index in [0.717, 1.165) is 23.3 Å². The summed E-state index contributed by atoms with van der Waals surface area (Å²) in [5, 5.41) is 3.40. The second-order valence-corrected chi connectivity index (χ2v) is 5.78. The highest BCUT2D eigenvalue weighted by Crippen LogP contribution is 2.22. The van der Waals surface area contributed by atoms with E-state index in [1.54, 1.807) is 19.3 Å². The Balaban J connectivity index is 1.74. The molecule has 1 aliphatic heterocycles. The molecule has 2 aromatic rings. The van der Waals surface area contributed by atoms with Gasteiger partial charge in [0.15, 0.2) is 0 Å². The van der Waals surface area contributed by atoms with Crippen molar-refractivity contribution in [2.75, 3.05) is 7.11 Å². The van der Waals surface area contributed by atoms with E-state index in [1.807, 2.05) is 42.5 Å². The molecule has 24 heavy (non-hydrogen) atoms. The summed E-state index contributed by atoms with van der Waals surface area (Å²) in [4.78, 5) is 16.5. The van der Waals surface area contributed by atoms with Crippen molar-refractivity contribution in [1.29, 1.82) is 0 Å². The highest BCUT2D eigenvalue weighted by Gasteiger charge is 2.20. The summed E-state index contributed by atoms with van der Waals surface area (Å²) in [7, 11) is 1.65. The maximum atomic E-state index is 12.1. The van der Waals surface area contributed by atoms with Crippen LogP contribution in [0.5, 0.6) is 5.75 Å². The number of benzene rings is 2. The summed E-state index contributed by atoms with van der Waals surface area (Å²) in [6.07, 6.45) is 3.07. The van der Waals surface area contributed by atoms with Gasteiger partial charge in [0.25, 0.3) is 5.91 Å². The van der Waals surface area contributed by atoms with E-state index in [0.29, 0.717) is 23.0 Å². The molecule has 0 fully saturated rings. The van der Waals surface area contributed by atoms with Crippen molar-refractivity contribution in [3.05, 3.63) is 70.4 Å². The summed E-state index contributed by atoms with van der Waals surface area (Å²) in [6.45, 7) is 0. The average molecular weight is 341 g/mol. The SMILES string of the molecule is COc1ccccc1CCC1=N/C(=C\c2ccccc2Cl)C(=O)N1. The maximum absolute atomic E-state index is 12.1. The van der Waals surface area contributed by atoms with Gasteiger partial charge in [0.05, 0.1) is 7.11 Å². The van der Waals surface area contributed by atoms with Crippen molar-refractivity contribution in [2.45, 2.75) is 12.8 Å². The Kier molecular flexibility index (Phi) is 4.96. The van der Waals surface area contributed by atoms with Crippen LogP contribution in [0.25, 0.3) is 6.08 Å². The molecule has 1 aliphatic rings. The van der Waals surface area contributed by atoms with E-state index in [1.165, 1.54) is 0 Å². The Morgan fingerprint density at radius 3 is 2.67 bits per heavy atom. The van der Waals surface area contributed by atoms with Crippen molar-refractivity contribution in [2.24, 2.45) is 4.99 Å². The third-order valence-electron chi connectivity index (χ3n) is 3.77. The second-order valence-electron chi connectivity index (χ2n) is 5.38. The van der Waals surface area contributed by atoms with Crippen LogP contribution in [-0.4, -0.2) is 18.9 Å². The van der Waals surface area contributed by atoms with Crippen LogP contribution in [0.1, 0.15) is 17.5 Å². The predicted octanol–water partition coefficient (Wildman–Crippen LogP) is 3.85. The quantitative estimate of drug-likeness (QED) is 0.840. The zero-order chi connectivity index (χ0) is 16.9. The van der Waals surface area contributed by atoms with Gasteiger partial charge in [-0.2, -0.15) is 0 Å². The van der Waals surface area contributed by atoms with E-state index < -0.39 is 0 Å². The van der Waals surface area contributed by atoms with Crippen LogP contribution in [0, 0.1) is 0 Å². The van der Waals surface area contributed by atoms with Crippen molar-refractivity contribution >= 4 is 29.4 Å². The van der Waals surface area contributed by atoms with Gasteiger partial charge in [-0.15, -0.1) is 0 Å². The number of para-hydroxylation sites is 1. The minimum atomic E-state index is -0.204. The molecule has 4 nitrogen and oxygen atoms in total. The smallest absolute Gasteiger partial charge is 0.275 e. The molecule has 0 spiro atoms. The zero-order valence-corrected chi connectivity index (χ0v) is 14.0. The first-order valence-corrected chi connectivity index (χ1v) is 8.02. The Hall–Kier alpha value is -2.59. The molecular weight excluding hydrogens is 324 g/mol. The molecule has 0 aromatic heterocycles. The molecule has 0 aliphatic carbocycles. The lowest BCUT2D eigenvalue weighted by Gasteiger charge is -2.07. The number of amidine groups is 1. The van der Waals surface area contributed by atoms with Gasteiger partial charge in [-0.05, 0) is 35.8 Å². The molecule has 0 radical (unpaired) electrons. The van der Waals surface area contributed by atoms with Crippen LogP contribution < -0.4 is 10.1 Å². The Morgan fingerprint density at radius 2 is 1.88 bits per heavy atom. The van der Waals surface area contributed by atoms with Crippen LogP contribution in [0.3, 0.4) is 0 Å². The molecule has 0 unspecified atom stereocenters. The Bertz CT molecular complexity index is 828.